The molecule has 1 fully saturated rings. The van der Waals surface area contributed by atoms with Crippen molar-refractivity contribution in [3.05, 3.63) is 35.5 Å². The Labute approximate surface area is 184 Å². The van der Waals surface area contributed by atoms with Crippen LogP contribution in [0.2, 0.25) is 0 Å². The maximum absolute atomic E-state index is 6.32. The minimum atomic E-state index is 0.257. The van der Waals surface area contributed by atoms with Crippen LogP contribution in [0.3, 0.4) is 0 Å². The first-order valence-corrected chi connectivity index (χ1v) is 11.3. The molecule has 1 aromatic heterocycles. The summed E-state index contributed by atoms with van der Waals surface area (Å²) < 4.78 is 17.2. The van der Waals surface area contributed by atoms with E-state index in [0.29, 0.717) is 25.4 Å². The lowest BCUT2D eigenvalue weighted by molar-refractivity contribution is 0.198. The van der Waals surface area contributed by atoms with Gasteiger partial charge in [-0.05, 0) is 38.7 Å². The number of benzene rings is 1. The Hall–Kier alpha value is -2.77. The number of nitrogens with one attached hydrogen (secondary N) is 2. The van der Waals surface area contributed by atoms with Gasteiger partial charge in [-0.2, -0.15) is 4.98 Å². The van der Waals surface area contributed by atoms with Crippen LogP contribution in [0.25, 0.3) is 0 Å². The third-order valence-electron chi connectivity index (χ3n) is 5.25. The van der Waals surface area contributed by atoms with Crippen LogP contribution in [0.1, 0.15) is 69.7 Å². The second-order valence-corrected chi connectivity index (χ2v) is 8.05. The lowest BCUT2D eigenvalue weighted by Crippen LogP contribution is -2.38. The first-order valence-electron chi connectivity index (χ1n) is 11.3. The van der Waals surface area contributed by atoms with E-state index < -0.39 is 0 Å². The van der Waals surface area contributed by atoms with Gasteiger partial charge in [0.2, 0.25) is 5.89 Å². The normalized spacial score (nSPS) is 14.8. The van der Waals surface area contributed by atoms with Crippen molar-refractivity contribution in [2.45, 2.75) is 71.4 Å². The molecule has 0 radical (unpaired) electrons. The van der Waals surface area contributed by atoms with Crippen LogP contribution in [0.4, 0.5) is 0 Å². The summed E-state index contributed by atoms with van der Waals surface area (Å²) >= 11 is 0. The lowest BCUT2D eigenvalue weighted by atomic mass is 10.1. The predicted octanol–water partition coefficient (Wildman–Crippen LogP) is 3.82. The van der Waals surface area contributed by atoms with Crippen LogP contribution in [-0.2, 0) is 13.0 Å². The van der Waals surface area contributed by atoms with Crippen molar-refractivity contribution >= 4 is 5.96 Å². The summed E-state index contributed by atoms with van der Waals surface area (Å²) in [6, 6.07) is 5.97. The van der Waals surface area contributed by atoms with Crippen molar-refractivity contribution in [1.82, 2.24) is 20.8 Å². The molecule has 2 aromatic rings. The summed E-state index contributed by atoms with van der Waals surface area (Å²) in [7, 11) is 1.68. The van der Waals surface area contributed by atoms with Gasteiger partial charge in [0.1, 0.15) is 0 Å². The molecule has 0 aliphatic heterocycles. The number of para-hydroxylation sites is 1. The SMILES string of the molecule is CCNC(=NCc1cccc(OC)c1OC1CCCC1)NCCc1nc(C(C)C)no1. The fraction of sp³-hybridized carbons (Fsp3) is 0.609. The Morgan fingerprint density at radius 3 is 2.74 bits per heavy atom. The van der Waals surface area contributed by atoms with E-state index in [1.54, 1.807) is 7.11 Å². The molecule has 0 spiro atoms. The summed E-state index contributed by atoms with van der Waals surface area (Å²) in [5.74, 6) is 3.93. The molecule has 8 nitrogen and oxygen atoms in total. The zero-order chi connectivity index (χ0) is 22.1. The van der Waals surface area contributed by atoms with Gasteiger partial charge in [0.25, 0.3) is 0 Å². The highest BCUT2D eigenvalue weighted by Gasteiger charge is 2.20. The lowest BCUT2D eigenvalue weighted by Gasteiger charge is -2.19. The number of methoxy groups -OCH3 is 1. The first kappa shape index (κ1) is 22.9. The molecule has 31 heavy (non-hydrogen) atoms. The van der Waals surface area contributed by atoms with E-state index in [1.165, 1.54) is 12.8 Å². The molecule has 1 aromatic carbocycles. The first-order chi connectivity index (χ1) is 15.1. The Bertz CT molecular complexity index is 843. The molecule has 2 N–H and O–H groups in total. The Kier molecular flexibility index (Phi) is 8.55. The van der Waals surface area contributed by atoms with Gasteiger partial charge in [-0.25, -0.2) is 4.99 Å². The number of aromatic nitrogens is 2. The van der Waals surface area contributed by atoms with Gasteiger partial charge in [0, 0.05) is 31.0 Å². The third-order valence-corrected chi connectivity index (χ3v) is 5.25. The molecule has 1 saturated carbocycles. The highest BCUT2D eigenvalue weighted by molar-refractivity contribution is 5.79. The smallest absolute Gasteiger partial charge is 0.228 e. The Balaban J connectivity index is 1.63. The van der Waals surface area contributed by atoms with E-state index in [-0.39, 0.29) is 12.0 Å². The number of hydrogen-bond acceptors (Lipinski definition) is 6. The minimum Gasteiger partial charge on any atom is -0.493 e. The zero-order valence-electron chi connectivity index (χ0n) is 19.1. The van der Waals surface area contributed by atoms with Crippen molar-refractivity contribution in [3.8, 4) is 11.5 Å². The summed E-state index contributed by atoms with van der Waals surface area (Å²) in [5, 5.41) is 10.6. The number of rotatable bonds is 10. The summed E-state index contributed by atoms with van der Waals surface area (Å²) in [4.78, 5) is 9.17. The van der Waals surface area contributed by atoms with Crippen LogP contribution >= 0.6 is 0 Å². The standard InChI is InChI=1S/C23H35N5O3/c1-5-24-23(25-14-13-20-27-22(16(2)3)28-31-20)26-15-17-9-8-12-19(29-4)21(17)30-18-10-6-7-11-18/h8-9,12,16,18H,5-7,10-11,13-15H2,1-4H3,(H2,24,25,26). The molecule has 0 atom stereocenters. The molecular formula is C23H35N5O3. The van der Waals surface area contributed by atoms with Crippen LogP contribution < -0.4 is 20.1 Å². The Morgan fingerprint density at radius 2 is 2.06 bits per heavy atom. The van der Waals surface area contributed by atoms with Gasteiger partial charge in [-0.1, -0.05) is 31.1 Å². The Morgan fingerprint density at radius 1 is 1.26 bits per heavy atom. The largest absolute Gasteiger partial charge is 0.493 e. The topological polar surface area (TPSA) is 93.8 Å². The van der Waals surface area contributed by atoms with Crippen LogP contribution in [0.5, 0.6) is 11.5 Å². The third kappa shape index (κ3) is 6.60. The van der Waals surface area contributed by atoms with Gasteiger partial charge in [-0.3, -0.25) is 0 Å². The molecule has 0 saturated heterocycles. The van der Waals surface area contributed by atoms with E-state index in [0.717, 1.165) is 48.2 Å². The van der Waals surface area contributed by atoms with Crippen molar-refractivity contribution < 1.29 is 14.0 Å². The van der Waals surface area contributed by atoms with E-state index in [9.17, 15) is 0 Å². The molecule has 170 valence electrons. The van der Waals surface area contributed by atoms with E-state index in [1.807, 2.05) is 39.0 Å². The quantitative estimate of drug-likeness (QED) is 0.438. The highest BCUT2D eigenvalue weighted by atomic mass is 16.5. The molecule has 8 heteroatoms. The van der Waals surface area contributed by atoms with E-state index in [2.05, 4.69) is 20.8 Å². The predicted molar refractivity (Wildman–Crippen MR) is 121 cm³/mol. The van der Waals surface area contributed by atoms with E-state index in [4.69, 9.17) is 19.0 Å². The minimum absolute atomic E-state index is 0.257. The van der Waals surface area contributed by atoms with E-state index >= 15 is 0 Å². The van der Waals surface area contributed by atoms with Gasteiger partial charge in [0.15, 0.2) is 23.3 Å². The van der Waals surface area contributed by atoms with Gasteiger partial charge in [-0.15, -0.1) is 0 Å². The van der Waals surface area contributed by atoms with Crippen molar-refractivity contribution in [2.75, 3.05) is 20.2 Å². The van der Waals surface area contributed by atoms with Gasteiger partial charge < -0.3 is 24.6 Å². The maximum atomic E-state index is 6.32. The summed E-state index contributed by atoms with van der Waals surface area (Å²) in [6.07, 6.45) is 5.54. The van der Waals surface area contributed by atoms with Crippen LogP contribution in [0, 0.1) is 0 Å². The molecule has 0 amide bonds. The molecule has 0 bridgehead atoms. The number of aliphatic imine (C=N–C) groups is 1. The number of ether oxygens (including phenoxy) is 2. The monoisotopic (exact) mass is 429 g/mol. The average molecular weight is 430 g/mol. The molecule has 0 unspecified atom stereocenters. The van der Waals surface area contributed by atoms with Crippen molar-refractivity contribution in [1.29, 1.82) is 0 Å². The van der Waals surface area contributed by atoms with Crippen molar-refractivity contribution in [2.24, 2.45) is 4.99 Å². The average Bonchev–Trinajstić information content (AvgIpc) is 3.45. The molecule has 1 aliphatic rings. The highest BCUT2D eigenvalue weighted by Crippen LogP contribution is 2.35. The second kappa shape index (κ2) is 11.6. The maximum Gasteiger partial charge on any atom is 0.228 e. The van der Waals surface area contributed by atoms with Gasteiger partial charge in [0.05, 0.1) is 19.8 Å². The zero-order valence-corrected chi connectivity index (χ0v) is 19.1. The van der Waals surface area contributed by atoms with Crippen LogP contribution in [0.15, 0.2) is 27.7 Å². The number of guanidine groups is 1. The summed E-state index contributed by atoms with van der Waals surface area (Å²) in [6.45, 7) is 8.05. The number of nitrogens with zero attached hydrogens (tertiary/aromatic N) is 3. The second-order valence-electron chi connectivity index (χ2n) is 8.05. The summed E-state index contributed by atoms with van der Waals surface area (Å²) in [5.41, 5.74) is 1.02. The van der Waals surface area contributed by atoms with Crippen LogP contribution in [-0.4, -0.2) is 42.4 Å². The van der Waals surface area contributed by atoms with Crippen molar-refractivity contribution in [3.63, 3.8) is 0 Å². The fourth-order valence-corrected chi connectivity index (χ4v) is 3.55. The number of hydrogen-bond donors (Lipinski definition) is 2. The molecule has 3 rings (SSSR count). The fourth-order valence-electron chi connectivity index (χ4n) is 3.55. The molecule has 1 heterocycles. The molecule has 1 aliphatic carbocycles. The van der Waals surface area contributed by atoms with Gasteiger partial charge >= 0.3 is 0 Å². The molecular weight excluding hydrogens is 394 g/mol.